The Morgan fingerprint density at radius 1 is 0.523 bits per heavy atom. The Bertz CT molecular complexity index is 2280. The van der Waals surface area contributed by atoms with E-state index < -0.39 is 0 Å². The number of para-hydroxylation sites is 2. The largest absolute Gasteiger partial charge is 0.348 e. The predicted octanol–water partition coefficient (Wildman–Crippen LogP) is 9.91. The van der Waals surface area contributed by atoms with Gasteiger partial charge in [0, 0.05) is 60.0 Å². The van der Waals surface area contributed by atoms with E-state index >= 15 is 0 Å². The van der Waals surface area contributed by atoms with E-state index in [2.05, 4.69) is 111 Å². The van der Waals surface area contributed by atoms with E-state index in [0.29, 0.717) is 0 Å². The molecule has 9 rings (SSSR count). The van der Waals surface area contributed by atoms with Gasteiger partial charge in [-0.25, -0.2) is 0 Å². The molecule has 44 heavy (non-hydrogen) atoms. The Morgan fingerprint density at radius 2 is 1.18 bits per heavy atom. The van der Waals surface area contributed by atoms with Crippen LogP contribution in [0.5, 0.6) is 0 Å². The molecule has 3 nitrogen and oxygen atoms in total. The van der Waals surface area contributed by atoms with Crippen LogP contribution in [0.2, 0.25) is 0 Å². The first kappa shape index (κ1) is 27.7. The average Bonchev–Trinajstić information content (AvgIpc) is 3.62. The second kappa shape index (κ2) is 11.9. The summed E-state index contributed by atoms with van der Waals surface area (Å²) in [6, 6.07) is 54.7. The number of hydrogen-bond donors (Lipinski definition) is 0. The fourth-order valence-electron chi connectivity index (χ4n) is 6.03. The first-order valence-corrected chi connectivity index (χ1v) is 14.3. The van der Waals surface area contributed by atoms with Crippen LogP contribution in [0.1, 0.15) is 0 Å². The molecule has 0 aliphatic rings. The van der Waals surface area contributed by atoms with E-state index in [1.807, 2.05) is 60.8 Å². The van der Waals surface area contributed by atoms with Gasteiger partial charge in [-0.3, -0.25) is 4.98 Å². The smallest absolute Gasteiger partial charge is 0.0464 e. The fraction of sp³-hybridized carbons (Fsp3) is 0. The molecule has 4 heterocycles. The van der Waals surface area contributed by atoms with Crippen molar-refractivity contribution in [2.45, 2.75) is 0 Å². The van der Waals surface area contributed by atoms with Gasteiger partial charge in [0.05, 0.1) is 0 Å². The Hall–Kier alpha value is -5.15. The zero-order valence-electron chi connectivity index (χ0n) is 23.6. The van der Waals surface area contributed by atoms with E-state index in [1.54, 1.807) is 6.20 Å². The topological polar surface area (TPSA) is 30.2 Å². The summed E-state index contributed by atoms with van der Waals surface area (Å²) in [4.78, 5) is 8.82. The summed E-state index contributed by atoms with van der Waals surface area (Å²) in [5.74, 6) is 0. The van der Waals surface area contributed by atoms with Gasteiger partial charge in [0.15, 0.2) is 0 Å². The Kier molecular flexibility index (Phi) is 7.45. The van der Waals surface area contributed by atoms with Crippen LogP contribution in [-0.4, -0.2) is 14.4 Å². The van der Waals surface area contributed by atoms with E-state index in [9.17, 15) is 0 Å². The summed E-state index contributed by atoms with van der Waals surface area (Å²) in [6.45, 7) is 0. The molecule has 0 unspecified atom stereocenters. The van der Waals surface area contributed by atoms with Crippen molar-refractivity contribution >= 4 is 38.1 Å². The second-order valence-corrected chi connectivity index (χ2v) is 10.4. The first-order chi connectivity index (χ1) is 21.4. The van der Waals surface area contributed by atoms with Gasteiger partial charge >= 0.3 is 0 Å². The molecule has 0 fully saturated rings. The number of aromatic nitrogens is 3. The maximum atomic E-state index is 4.61. The minimum Gasteiger partial charge on any atom is -0.348 e. The summed E-state index contributed by atoms with van der Waals surface area (Å²) < 4.78 is 2.43. The van der Waals surface area contributed by atoms with Gasteiger partial charge in [-0.1, -0.05) is 113 Å². The Balaban J connectivity index is 0.000000203. The minimum atomic E-state index is 0. The van der Waals surface area contributed by atoms with Gasteiger partial charge in [-0.2, -0.15) is 0 Å². The number of benzene rings is 5. The molecule has 0 amide bonds. The van der Waals surface area contributed by atoms with Crippen LogP contribution in [0.25, 0.3) is 71.7 Å². The number of fused-ring (bicyclic) bond motifs is 6. The summed E-state index contributed by atoms with van der Waals surface area (Å²) >= 11 is 0. The molecule has 4 heteroatoms. The van der Waals surface area contributed by atoms with Crippen LogP contribution < -0.4 is 0 Å². The van der Waals surface area contributed by atoms with Crippen molar-refractivity contribution in [1.29, 1.82) is 0 Å². The van der Waals surface area contributed by atoms with Crippen LogP contribution in [0, 0.1) is 12.1 Å². The van der Waals surface area contributed by atoms with E-state index in [-0.39, 0.29) is 20.1 Å². The molecule has 0 bridgehead atoms. The van der Waals surface area contributed by atoms with Gasteiger partial charge < -0.3 is 9.38 Å². The van der Waals surface area contributed by atoms with Gasteiger partial charge in [0.25, 0.3) is 0 Å². The maximum Gasteiger partial charge on any atom is 0.0464 e. The van der Waals surface area contributed by atoms with Crippen LogP contribution >= 0.6 is 0 Å². The number of nitrogens with zero attached hydrogens (tertiary/aromatic N) is 3. The SMILES string of the molecule is [Ir].[c-]1c(-c2ccccn2)cc(-c2ccccc2)c2c1c1cccc3c4ccccc4n2c13.[c-]1ccccc1-c1ccccn1. The van der Waals surface area contributed by atoms with Crippen molar-refractivity contribution in [3.8, 4) is 33.6 Å². The fourth-order valence-corrected chi connectivity index (χ4v) is 6.03. The third-order valence-corrected chi connectivity index (χ3v) is 7.90. The summed E-state index contributed by atoms with van der Waals surface area (Å²) in [5.41, 5.74) is 10.1. The molecule has 0 N–H and O–H groups in total. The quantitative estimate of drug-likeness (QED) is 0.169. The van der Waals surface area contributed by atoms with Crippen LogP contribution in [-0.2, 0) is 20.1 Å². The standard InChI is InChI=1S/C29H17N2.C11H8N.Ir/c1-2-9-19(10-3-1)24-17-20(26-14-6-7-16-30-26)18-25-23-13-8-12-22-21-11-4-5-15-27(21)31(28(22)23)29(24)25;1-2-6-10(7-3-1)11-8-4-5-9-12-11;/h1-17H;1-6,8-9H;/q2*-1;. The molecular formula is C40H25IrN3-2. The normalized spacial score (nSPS) is 11.0. The molecule has 0 saturated heterocycles. The van der Waals surface area contributed by atoms with Crippen molar-refractivity contribution in [1.82, 2.24) is 14.4 Å². The van der Waals surface area contributed by atoms with Crippen molar-refractivity contribution < 1.29 is 20.1 Å². The van der Waals surface area contributed by atoms with Gasteiger partial charge in [0.1, 0.15) is 0 Å². The zero-order valence-corrected chi connectivity index (χ0v) is 26.0. The monoisotopic (exact) mass is 740 g/mol. The average molecular weight is 740 g/mol. The van der Waals surface area contributed by atoms with Crippen LogP contribution in [0.3, 0.4) is 0 Å². The molecule has 0 spiro atoms. The Morgan fingerprint density at radius 3 is 1.91 bits per heavy atom. The molecule has 0 aliphatic carbocycles. The van der Waals surface area contributed by atoms with Crippen LogP contribution in [0.4, 0.5) is 0 Å². The first-order valence-electron chi connectivity index (χ1n) is 14.3. The molecule has 0 saturated carbocycles. The van der Waals surface area contributed by atoms with Crippen LogP contribution in [0.15, 0.2) is 152 Å². The predicted molar refractivity (Wildman–Crippen MR) is 177 cm³/mol. The number of rotatable bonds is 3. The number of hydrogen-bond acceptors (Lipinski definition) is 2. The summed E-state index contributed by atoms with van der Waals surface area (Å²) in [7, 11) is 0. The van der Waals surface area contributed by atoms with Crippen molar-refractivity contribution in [2.75, 3.05) is 0 Å². The maximum absolute atomic E-state index is 4.61. The van der Waals surface area contributed by atoms with E-state index in [1.165, 1.54) is 43.8 Å². The molecule has 0 atom stereocenters. The van der Waals surface area contributed by atoms with Gasteiger partial charge in [-0.05, 0) is 35.0 Å². The second-order valence-electron chi connectivity index (χ2n) is 10.4. The molecule has 9 aromatic rings. The number of pyridine rings is 2. The molecule has 0 aliphatic heterocycles. The summed E-state index contributed by atoms with van der Waals surface area (Å²) in [5, 5.41) is 4.96. The van der Waals surface area contributed by atoms with E-state index in [0.717, 1.165) is 27.9 Å². The molecule has 4 aromatic heterocycles. The summed E-state index contributed by atoms with van der Waals surface area (Å²) in [6.07, 6.45) is 3.63. The van der Waals surface area contributed by atoms with Crippen molar-refractivity contribution in [3.05, 3.63) is 164 Å². The Labute approximate surface area is 269 Å². The van der Waals surface area contributed by atoms with Crippen molar-refractivity contribution in [3.63, 3.8) is 0 Å². The molecule has 211 valence electrons. The molecule has 1 radical (unpaired) electrons. The van der Waals surface area contributed by atoms with E-state index in [4.69, 9.17) is 0 Å². The molecule has 5 aromatic carbocycles. The van der Waals surface area contributed by atoms with Gasteiger partial charge in [-0.15, -0.1) is 48.0 Å². The zero-order chi connectivity index (χ0) is 28.6. The minimum absolute atomic E-state index is 0. The third-order valence-electron chi connectivity index (χ3n) is 7.90. The molecular weight excluding hydrogens is 715 g/mol. The third kappa shape index (κ3) is 4.75. The van der Waals surface area contributed by atoms with Crippen molar-refractivity contribution in [2.24, 2.45) is 0 Å². The van der Waals surface area contributed by atoms with Gasteiger partial charge in [0.2, 0.25) is 0 Å².